The Balaban J connectivity index is 2.40. The van der Waals surface area contributed by atoms with Gasteiger partial charge < -0.3 is 15.0 Å². The number of H-pyrrole nitrogens is 1. The summed E-state index contributed by atoms with van der Waals surface area (Å²) in [5.74, 6) is -0.579. The molecule has 0 atom stereocenters. The standard InChI is InChI=1S/C11H6BrClF3N3O2/c12-5-1-2-6(7(3-5)21-11(14,15)16)19-9-8(13)10(20)18-4-17-9/h1-4H,(H2,17,18,19,20). The fourth-order valence-corrected chi connectivity index (χ4v) is 1.90. The highest BCUT2D eigenvalue weighted by Crippen LogP contribution is 2.35. The van der Waals surface area contributed by atoms with Crippen molar-refractivity contribution in [3.8, 4) is 5.75 Å². The predicted octanol–water partition coefficient (Wildman–Crippen LogP) is 3.83. The molecule has 0 unspecified atom stereocenters. The molecular weight excluding hydrogens is 378 g/mol. The molecule has 1 aromatic heterocycles. The first kappa shape index (κ1) is 15.6. The third-order valence-electron chi connectivity index (χ3n) is 2.22. The zero-order valence-corrected chi connectivity index (χ0v) is 12.3. The summed E-state index contributed by atoms with van der Waals surface area (Å²) in [5.41, 5.74) is -0.667. The number of rotatable bonds is 3. The number of alkyl halides is 3. The molecule has 0 aliphatic heterocycles. The average molecular weight is 385 g/mol. The van der Waals surface area contributed by atoms with Crippen molar-refractivity contribution < 1.29 is 17.9 Å². The first-order valence-corrected chi connectivity index (χ1v) is 6.49. The highest BCUT2D eigenvalue weighted by Gasteiger charge is 2.32. The average Bonchev–Trinajstić information content (AvgIpc) is 2.36. The van der Waals surface area contributed by atoms with E-state index in [1.54, 1.807) is 0 Å². The number of benzene rings is 1. The van der Waals surface area contributed by atoms with E-state index in [0.717, 1.165) is 12.4 Å². The van der Waals surface area contributed by atoms with Gasteiger partial charge >= 0.3 is 6.36 Å². The Hall–Kier alpha value is -1.74. The maximum atomic E-state index is 12.4. The van der Waals surface area contributed by atoms with Crippen LogP contribution in [0, 0.1) is 0 Å². The number of aromatic nitrogens is 2. The van der Waals surface area contributed by atoms with Gasteiger partial charge in [0, 0.05) is 4.47 Å². The van der Waals surface area contributed by atoms with Gasteiger partial charge in [0.15, 0.2) is 11.6 Å². The maximum Gasteiger partial charge on any atom is 0.573 e. The lowest BCUT2D eigenvalue weighted by molar-refractivity contribution is -0.274. The van der Waals surface area contributed by atoms with Gasteiger partial charge in [0.1, 0.15) is 5.02 Å². The summed E-state index contributed by atoms with van der Waals surface area (Å²) in [7, 11) is 0. The van der Waals surface area contributed by atoms with E-state index in [-0.39, 0.29) is 16.5 Å². The van der Waals surface area contributed by atoms with Gasteiger partial charge in [-0.05, 0) is 18.2 Å². The molecule has 0 saturated carbocycles. The normalized spacial score (nSPS) is 11.3. The minimum atomic E-state index is -4.86. The van der Waals surface area contributed by atoms with E-state index in [0.29, 0.717) is 4.47 Å². The Morgan fingerprint density at radius 2 is 2.10 bits per heavy atom. The van der Waals surface area contributed by atoms with Crippen LogP contribution in [0.5, 0.6) is 5.75 Å². The number of ether oxygens (including phenoxy) is 1. The van der Waals surface area contributed by atoms with E-state index in [9.17, 15) is 18.0 Å². The number of halogens is 5. The lowest BCUT2D eigenvalue weighted by Crippen LogP contribution is -2.18. The van der Waals surface area contributed by atoms with Crippen LogP contribution in [0.15, 0.2) is 33.8 Å². The van der Waals surface area contributed by atoms with Crippen LogP contribution in [0.3, 0.4) is 0 Å². The first-order valence-electron chi connectivity index (χ1n) is 5.32. The molecule has 2 rings (SSSR count). The van der Waals surface area contributed by atoms with Gasteiger partial charge in [-0.2, -0.15) is 0 Å². The predicted molar refractivity (Wildman–Crippen MR) is 74.0 cm³/mol. The van der Waals surface area contributed by atoms with Gasteiger partial charge in [-0.1, -0.05) is 27.5 Å². The molecule has 1 heterocycles. The van der Waals surface area contributed by atoms with Crippen LogP contribution < -0.4 is 15.6 Å². The molecule has 0 bridgehead atoms. The number of hydrogen-bond donors (Lipinski definition) is 2. The van der Waals surface area contributed by atoms with Crippen molar-refractivity contribution >= 4 is 39.0 Å². The first-order chi connectivity index (χ1) is 9.76. The third-order valence-corrected chi connectivity index (χ3v) is 3.06. The molecule has 1 aromatic carbocycles. The molecule has 0 amide bonds. The summed E-state index contributed by atoms with van der Waals surface area (Å²) < 4.78 is 41.4. The van der Waals surface area contributed by atoms with Crippen molar-refractivity contribution in [2.45, 2.75) is 6.36 Å². The van der Waals surface area contributed by atoms with E-state index in [1.165, 1.54) is 12.1 Å². The van der Waals surface area contributed by atoms with E-state index in [1.807, 2.05) is 0 Å². The number of nitrogens with zero attached hydrogens (tertiary/aromatic N) is 1. The molecule has 2 N–H and O–H groups in total. The Labute approximate surface area is 129 Å². The van der Waals surface area contributed by atoms with Crippen LogP contribution in [0.1, 0.15) is 0 Å². The lowest BCUT2D eigenvalue weighted by atomic mass is 10.3. The van der Waals surface area contributed by atoms with E-state index in [4.69, 9.17) is 11.6 Å². The van der Waals surface area contributed by atoms with Crippen LogP contribution in [0.4, 0.5) is 24.7 Å². The molecule has 0 aliphatic carbocycles. The minimum absolute atomic E-state index is 0.0458. The number of anilines is 2. The van der Waals surface area contributed by atoms with Gasteiger partial charge in [0.25, 0.3) is 5.56 Å². The Morgan fingerprint density at radius 3 is 2.76 bits per heavy atom. The Bertz CT molecular complexity index is 721. The quantitative estimate of drug-likeness (QED) is 0.844. The summed E-state index contributed by atoms with van der Waals surface area (Å²) in [6.07, 6.45) is -3.79. The van der Waals surface area contributed by atoms with Crippen LogP contribution in [-0.4, -0.2) is 16.3 Å². The van der Waals surface area contributed by atoms with Gasteiger partial charge in [-0.3, -0.25) is 4.79 Å². The SMILES string of the molecule is O=c1[nH]cnc(Nc2ccc(Br)cc2OC(F)(F)F)c1Cl. The van der Waals surface area contributed by atoms with Crippen LogP contribution >= 0.6 is 27.5 Å². The van der Waals surface area contributed by atoms with E-state index < -0.39 is 17.7 Å². The molecule has 0 spiro atoms. The van der Waals surface area contributed by atoms with Gasteiger partial charge in [0.05, 0.1) is 12.0 Å². The van der Waals surface area contributed by atoms with Gasteiger partial charge in [0.2, 0.25) is 0 Å². The summed E-state index contributed by atoms with van der Waals surface area (Å²) in [6.45, 7) is 0. The lowest BCUT2D eigenvalue weighted by Gasteiger charge is -2.15. The van der Waals surface area contributed by atoms with Crippen molar-refractivity contribution in [1.29, 1.82) is 0 Å². The second-order valence-corrected chi connectivity index (χ2v) is 5.00. The molecule has 21 heavy (non-hydrogen) atoms. The van der Waals surface area contributed by atoms with Crippen molar-refractivity contribution in [2.24, 2.45) is 0 Å². The molecule has 5 nitrogen and oxygen atoms in total. The second kappa shape index (κ2) is 5.94. The third kappa shape index (κ3) is 4.11. The molecule has 0 fully saturated rings. The monoisotopic (exact) mass is 383 g/mol. The van der Waals surface area contributed by atoms with Crippen LogP contribution in [-0.2, 0) is 0 Å². The van der Waals surface area contributed by atoms with Gasteiger partial charge in [-0.25, -0.2) is 4.98 Å². The Morgan fingerprint density at radius 1 is 1.38 bits per heavy atom. The van der Waals surface area contributed by atoms with Crippen LogP contribution in [0.25, 0.3) is 0 Å². The van der Waals surface area contributed by atoms with Crippen molar-refractivity contribution in [1.82, 2.24) is 9.97 Å². The molecule has 0 saturated heterocycles. The molecule has 10 heteroatoms. The molecular formula is C11H6BrClF3N3O2. The number of nitrogens with one attached hydrogen (secondary N) is 2. The zero-order valence-electron chi connectivity index (χ0n) is 9.96. The second-order valence-electron chi connectivity index (χ2n) is 3.71. The summed E-state index contributed by atoms with van der Waals surface area (Å²) in [6, 6.07) is 3.94. The smallest absolute Gasteiger partial charge is 0.404 e. The minimum Gasteiger partial charge on any atom is -0.404 e. The number of aromatic amines is 1. The summed E-state index contributed by atoms with van der Waals surface area (Å²) >= 11 is 8.76. The Kier molecular flexibility index (Phi) is 4.43. The zero-order chi connectivity index (χ0) is 15.6. The highest BCUT2D eigenvalue weighted by molar-refractivity contribution is 9.10. The maximum absolute atomic E-state index is 12.4. The summed E-state index contributed by atoms with van der Waals surface area (Å²) in [5, 5.41) is 2.24. The van der Waals surface area contributed by atoms with Gasteiger partial charge in [-0.15, -0.1) is 13.2 Å². The summed E-state index contributed by atoms with van der Waals surface area (Å²) in [4.78, 5) is 17.3. The molecule has 0 radical (unpaired) electrons. The molecule has 112 valence electrons. The molecule has 0 aliphatic rings. The van der Waals surface area contributed by atoms with Crippen molar-refractivity contribution in [3.05, 3.63) is 44.4 Å². The fraction of sp³-hybridized carbons (Fsp3) is 0.0909. The fourth-order valence-electron chi connectivity index (χ4n) is 1.41. The van der Waals surface area contributed by atoms with E-state index >= 15 is 0 Å². The number of hydrogen-bond acceptors (Lipinski definition) is 4. The van der Waals surface area contributed by atoms with Crippen molar-refractivity contribution in [3.63, 3.8) is 0 Å². The van der Waals surface area contributed by atoms with Crippen molar-refractivity contribution in [2.75, 3.05) is 5.32 Å². The van der Waals surface area contributed by atoms with E-state index in [2.05, 4.69) is 36.0 Å². The highest BCUT2D eigenvalue weighted by atomic mass is 79.9. The molecule has 2 aromatic rings. The topological polar surface area (TPSA) is 67.0 Å². The van der Waals surface area contributed by atoms with Crippen LogP contribution in [0.2, 0.25) is 5.02 Å². The largest absolute Gasteiger partial charge is 0.573 e.